The molecule has 33 heavy (non-hydrogen) atoms. The van der Waals surface area contributed by atoms with Crippen LogP contribution in [0.15, 0.2) is 60.8 Å². The largest absolute Gasteiger partial charge is 0.351 e. The molecule has 1 amide bonds. The number of piperidine rings is 1. The first kappa shape index (κ1) is 21.9. The number of para-hydroxylation sites is 2. The van der Waals surface area contributed by atoms with Crippen molar-refractivity contribution < 1.29 is 13.2 Å². The molecule has 5 rings (SSSR count). The number of hydrogen-bond acceptors (Lipinski definition) is 5. The topological polar surface area (TPSA) is 82.6 Å². The van der Waals surface area contributed by atoms with Crippen molar-refractivity contribution in [1.82, 2.24) is 15.2 Å². The molecule has 0 atom stereocenters. The molecule has 1 spiro atoms. The summed E-state index contributed by atoms with van der Waals surface area (Å²) in [5, 5.41) is 3.96. The van der Waals surface area contributed by atoms with E-state index in [1.807, 2.05) is 48.5 Å². The molecule has 8 heteroatoms. The van der Waals surface area contributed by atoms with Crippen LogP contribution in [0.2, 0.25) is 0 Å². The van der Waals surface area contributed by atoms with Gasteiger partial charge < -0.3 is 10.2 Å². The average Bonchev–Trinajstić information content (AvgIpc) is 3.15. The number of pyridine rings is 1. The number of anilines is 1. The third-order valence-electron chi connectivity index (χ3n) is 6.97. The lowest BCUT2D eigenvalue weighted by molar-refractivity contribution is 0.0942. The maximum absolute atomic E-state index is 12.6. The van der Waals surface area contributed by atoms with Crippen molar-refractivity contribution in [2.45, 2.75) is 18.3 Å². The standard InChI is InChI=1S/C25H28N4O3S/c1-33(31,32)29-18-25(21-7-3-5-9-23(21)29)10-13-28(14-11-25)15-12-26-24(30)20-16-19-6-2-4-8-22(19)27-17-20/h2-9,16-17H,10-15,18H2,1H3,(H,26,30). The van der Waals surface area contributed by atoms with E-state index in [9.17, 15) is 13.2 Å². The van der Waals surface area contributed by atoms with Gasteiger partial charge in [0.25, 0.3) is 5.91 Å². The Morgan fingerprint density at radius 1 is 1.09 bits per heavy atom. The number of amides is 1. The molecule has 1 N–H and O–H groups in total. The molecule has 7 nitrogen and oxygen atoms in total. The molecule has 2 aliphatic rings. The zero-order valence-corrected chi connectivity index (χ0v) is 19.5. The SMILES string of the molecule is CS(=O)(=O)N1CC2(CCN(CCNC(=O)c3cnc4ccccc4c3)CC2)c2ccccc21. The van der Waals surface area contributed by atoms with Crippen LogP contribution >= 0.6 is 0 Å². The highest BCUT2D eigenvalue weighted by Gasteiger charge is 2.46. The highest BCUT2D eigenvalue weighted by molar-refractivity contribution is 7.92. The number of carbonyl (C=O) groups is 1. The molecule has 0 unspecified atom stereocenters. The Bertz CT molecular complexity index is 1300. The second kappa shape index (κ2) is 8.43. The van der Waals surface area contributed by atoms with Crippen LogP contribution in [0.5, 0.6) is 0 Å². The molecule has 3 heterocycles. The summed E-state index contributed by atoms with van der Waals surface area (Å²) >= 11 is 0. The number of nitrogens with zero attached hydrogens (tertiary/aromatic N) is 3. The molecule has 1 aromatic heterocycles. The van der Waals surface area contributed by atoms with E-state index >= 15 is 0 Å². The normalized spacial score (nSPS) is 17.9. The first-order chi connectivity index (χ1) is 15.9. The molecule has 1 saturated heterocycles. The van der Waals surface area contributed by atoms with Gasteiger partial charge in [0, 0.05) is 36.6 Å². The van der Waals surface area contributed by atoms with Crippen LogP contribution in [0.25, 0.3) is 10.9 Å². The quantitative estimate of drug-likeness (QED) is 0.628. The lowest BCUT2D eigenvalue weighted by atomic mass is 9.74. The zero-order valence-electron chi connectivity index (χ0n) is 18.7. The fourth-order valence-electron chi connectivity index (χ4n) is 5.14. The van der Waals surface area contributed by atoms with Gasteiger partial charge in [0.05, 0.1) is 23.0 Å². The number of aromatic nitrogens is 1. The number of benzene rings is 2. The molecule has 0 aliphatic carbocycles. The summed E-state index contributed by atoms with van der Waals surface area (Å²) in [6, 6.07) is 17.5. The Balaban J connectivity index is 1.18. The van der Waals surface area contributed by atoms with Crippen LogP contribution in [0.1, 0.15) is 28.8 Å². The lowest BCUT2D eigenvalue weighted by Gasteiger charge is -2.39. The molecule has 0 radical (unpaired) electrons. The van der Waals surface area contributed by atoms with E-state index in [4.69, 9.17) is 0 Å². The minimum atomic E-state index is -3.30. The molecule has 0 bridgehead atoms. The minimum absolute atomic E-state index is 0.116. The van der Waals surface area contributed by atoms with E-state index in [-0.39, 0.29) is 11.3 Å². The molecule has 2 aliphatic heterocycles. The van der Waals surface area contributed by atoms with Gasteiger partial charge in [0.2, 0.25) is 10.0 Å². The first-order valence-electron chi connectivity index (χ1n) is 11.3. The van der Waals surface area contributed by atoms with Gasteiger partial charge in [0.1, 0.15) is 0 Å². The van der Waals surface area contributed by atoms with Gasteiger partial charge in [-0.25, -0.2) is 8.42 Å². The van der Waals surface area contributed by atoms with Gasteiger partial charge in [0.15, 0.2) is 0 Å². The maximum Gasteiger partial charge on any atom is 0.252 e. The van der Waals surface area contributed by atoms with Crippen molar-refractivity contribution in [1.29, 1.82) is 0 Å². The Morgan fingerprint density at radius 2 is 1.82 bits per heavy atom. The Kier molecular flexibility index (Phi) is 5.58. The van der Waals surface area contributed by atoms with Gasteiger partial charge in [-0.15, -0.1) is 0 Å². The molecule has 2 aromatic carbocycles. The molecule has 3 aromatic rings. The number of fused-ring (bicyclic) bond motifs is 3. The van der Waals surface area contributed by atoms with Crippen LogP contribution < -0.4 is 9.62 Å². The van der Waals surface area contributed by atoms with Crippen LogP contribution in [0.3, 0.4) is 0 Å². The smallest absolute Gasteiger partial charge is 0.252 e. The van der Waals surface area contributed by atoms with Gasteiger partial charge in [-0.2, -0.15) is 0 Å². The Labute approximate surface area is 194 Å². The fraction of sp³-hybridized carbons (Fsp3) is 0.360. The molecule has 1 fully saturated rings. The number of nitrogens with one attached hydrogen (secondary N) is 1. The number of sulfonamides is 1. The van der Waals surface area contributed by atoms with Crippen molar-refractivity contribution in [2.75, 3.05) is 43.3 Å². The van der Waals surface area contributed by atoms with Gasteiger partial charge in [-0.05, 0) is 49.7 Å². The van der Waals surface area contributed by atoms with Crippen LogP contribution in [-0.2, 0) is 15.4 Å². The summed E-state index contributed by atoms with van der Waals surface area (Å²) in [7, 11) is -3.30. The Hall–Kier alpha value is -2.97. The summed E-state index contributed by atoms with van der Waals surface area (Å²) in [5.74, 6) is -0.116. The highest BCUT2D eigenvalue weighted by atomic mass is 32.2. The first-order valence-corrected chi connectivity index (χ1v) is 13.1. The van der Waals surface area contributed by atoms with Crippen LogP contribution in [-0.4, -0.2) is 63.2 Å². The molecular formula is C25H28N4O3S. The van der Waals surface area contributed by atoms with E-state index in [0.717, 1.165) is 54.6 Å². The third-order valence-corrected chi connectivity index (χ3v) is 8.10. The summed E-state index contributed by atoms with van der Waals surface area (Å²) in [4.78, 5) is 19.3. The predicted molar refractivity (Wildman–Crippen MR) is 130 cm³/mol. The van der Waals surface area contributed by atoms with Gasteiger partial charge >= 0.3 is 0 Å². The summed E-state index contributed by atoms with van der Waals surface area (Å²) in [5.41, 5.74) is 3.28. The van der Waals surface area contributed by atoms with E-state index in [0.29, 0.717) is 18.7 Å². The van der Waals surface area contributed by atoms with Crippen LogP contribution in [0, 0.1) is 0 Å². The lowest BCUT2D eigenvalue weighted by Crippen LogP contribution is -2.47. The van der Waals surface area contributed by atoms with Crippen LogP contribution in [0.4, 0.5) is 5.69 Å². The average molecular weight is 465 g/mol. The number of likely N-dealkylation sites (tertiary alicyclic amines) is 1. The van der Waals surface area contributed by atoms with Crippen molar-refractivity contribution in [3.63, 3.8) is 0 Å². The number of hydrogen-bond donors (Lipinski definition) is 1. The molecule has 172 valence electrons. The van der Waals surface area contributed by atoms with Crippen molar-refractivity contribution in [2.24, 2.45) is 0 Å². The van der Waals surface area contributed by atoms with E-state index in [1.54, 1.807) is 10.5 Å². The van der Waals surface area contributed by atoms with Crippen molar-refractivity contribution in [3.8, 4) is 0 Å². The van der Waals surface area contributed by atoms with Gasteiger partial charge in [-0.1, -0.05) is 36.4 Å². The fourth-order valence-corrected chi connectivity index (χ4v) is 6.14. The summed E-state index contributed by atoms with van der Waals surface area (Å²) < 4.78 is 26.3. The van der Waals surface area contributed by atoms with E-state index in [2.05, 4.69) is 21.3 Å². The van der Waals surface area contributed by atoms with Crippen molar-refractivity contribution in [3.05, 3.63) is 71.9 Å². The second-order valence-corrected chi connectivity index (χ2v) is 11.0. The molecular weight excluding hydrogens is 436 g/mol. The second-order valence-electron chi connectivity index (χ2n) is 9.08. The number of rotatable bonds is 5. The summed E-state index contributed by atoms with van der Waals surface area (Å²) in [6.07, 6.45) is 4.70. The zero-order chi connectivity index (χ0) is 23.1. The minimum Gasteiger partial charge on any atom is -0.351 e. The molecule has 0 saturated carbocycles. The summed E-state index contributed by atoms with van der Waals surface area (Å²) in [6.45, 7) is 3.59. The van der Waals surface area contributed by atoms with Crippen molar-refractivity contribution >= 4 is 32.5 Å². The monoisotopic (exact) mass is 464 g/mol. The maximum atomic E-state index is 12.6. The Morgan fingerprint density at radius 3 is 2.61 bits per heavy atom. The highest BCUT2D eigenvalue weighted by Crippen LogP contribution is 2.47. The van der Waals surface area contributed by atoms with Gasteiger partial charge in [-0.3, -0.25) is 14.1 Å². The predicted octanol–water partition coefficient (Wildman–Crippen LogP) is 2.78. The van der Waals surface area contributed by atoms with E-state index < -0.39 is 10.0 Å². The number of carbonyl (C=O) groups excluding carboxylic acids is 1. The third kappa shape index (κ3) is 4.20. The van der Waals surface area contributed by atoms with E-state index in [1.165, 1.54) is 6.26 Å².